The second-order valence-corrected chi connectivity index (χ2v) is 6.07. The summed E-state index contributed by atoms with van der Waals surface area (Å²) in [4.78, 5) is 24.8. The van der Waals surface area contributed by atoms with Crippen LogP contribution in [0, 0.1) is 0 Å². The number of anilines is 1. The van der Waals surface area contributed by atoms with Crippen molar-refractivity contribution < 1.29 is 4.79 Å². The van der Waals surface area contributed by atoms with E-state index < -0.39 is 0 Å². The van der Waals surface area contributed by atoms with Crippen LogP contribution >= 0.6 is 0 Å². The lowest BCUT2D eigenvalue weighted by Crippen LogP contribution is -2.50. The van der Waals surface area contributed by atoms with Crippen molar-refractivity contribution in [3.63, 3.8) is 0 Å². The number of fused-ring (bicyclic) bond motifs is 1. The van der Waals surface area contributed by atoms with E-state index in [0.717, 1.165) is 43.2 Å². The number of nitrogens with one attached hydrogen (secondary N) is 1. The van der Waals surface area contributed by atoms with E-state index in [2.05, 4.69) is 35.4 Å². The van der Waals surface area contributed by atoms with Gasteiger partial charge in [-0.25, -0.2) is 14.6 Å². The van der Waals surface area contributed by atoms with Crippen LogP contribution in [0.15, 0.2) is 6.33 Å². The van der Waals surface area contributed by atoms with E-state index in [4.69, 9.17) is 0 Å². The Balaban J connectivity index is 1.63. The molecule has 3 heterocycles. The Morgan fingerprint density at radius 1 is 1.26 bits per heavy atom. The molecule has 0 aromatic carbocycles. The van der Waals surface area contributed by atoms with Crippen molar-refractivity contribution in [2.45, 2.75) is 19.9 Å². The number of rotatable bonds is 4. The van der Waals surface area contributed by atoms with Gasteiger partial charge in [0.05, 0.1) is 6.54 Å². The summed E-state index contributed by atoms with van der Waals surface area (Å²) in [6.45, 7) is 7.62. The van der Waals surface area contributed by atoms with Crippen LogP contribution in [0.1, 0.15) is 13.8 Å². The molecule has 0 bridgehead atoms. The van der Waals surface area contributed by atoms with Gasteiger partial charge in [-0.15, -0.1) is 5.10 Å². The molecule has 1 amide bonds. The number of aryl methyl sites for hydroxylation is 1. The van der Waals surface area contributed by atoms with Crippen LogP contribution in [0.2, 0.25) is 0 Å². The molecule has 0 spiro atoms. The Labute approximate surface area is 134 Å². The van der Waals surface area contributed by atoms with E-state index >= 15 is 0 Å². The Bertz CT molecular complexity index is 689. The average Bonchev–Trinajstić information content (AvgIpc) is 2.89. The molecular weight excluding hydrogens is 296 g/mol. The first kappa shape index (κ1) is 15.6. The van der Waals surface area contributed by atoms with Gasteiger partial charge in [0.2, 0.25) is 5.91 Å². The summed E-state index contributed by atoms with van der Waals surface area (Å²) < 4.78 is 1.65. The molecule has 1 aliphatic heterocycles. The highest BCUT2D eigenvalue weighted by Crippen LogP contribution is 2.21. The SMILES string of the molecule is CC(C)NC(=O)CN1CCN(c2ncnc3c2nnn3C)CC1. The van der Waals surface area contributed by atoms with Crippen molar-refractivity contribution >= 4 is 22.9 Å². The van der Waals surface area contributed by atoms with Crippen molar-refractivity contribution in [2.24, 2.45) is 7.05 Å². The number of hydrogen-bond donors (Lipinski definition) is 1. The maximum absolute atomic E-state index is 11.8. The molecule has 1 fully saturated rings. The van der Waals surface area contributed by atoms with E-state index in [9.17, 15) is 4.79 Å². The topological polar surface area (TPSA) is 92.1 Å². The van der Waals surface area contributed by atoms with Gasteiger partial charge in [0.1, 0.15) is 6.33 Å². The molecule has 3 rings (SSSR count). The molecule has 9 heteroatoms. The Kier molecular flexibility index (Phi) is 4.37. The zero-order chi connectivity index (χ0) is 16.4. The van der Waals surface area contributed by atoms with Crippen molar-refractivity contribution in [1.82, 2.24) is 35.2 Å². The molecule has 1 aliphatic rings. The molecule has 0 aliphatic carbocycles. The smallest absolute Gasteiger partial charge is 0.234 e. The molecular formula is C14H22N8O. The quantitative estimate of drug-likeness (QED) is 0.805. The Morgan fingerprint density at radius 3 is 2.70 bits per heavy atom. The van der Waals surface area contributed by atoms with Gasteiger partial charge in [0, 0.05) is 39.3 Å². The average molecular weight is 318 g/mol. The van der Waals surface area contributed by atoms with Crippen LogP contribution in [0.5, 0.6) is 0 Å². The summed E-state index contributed by atoms with van der Waals surface area (Å²) in [5, 5.41) is 11.1. The van der Waals surface area contributed by atoms with Crippen molar-refractivity contribution in [3.8, 4) is 0 Å². The van der Waals surface area contributed by atoms with Gasteiger partial charge in [-0.3, -0.25) is 9.69 Å². The molecule has 9 nitrogen and oxygen atoms in total. The van der Waals surface area contributed by atoms with Crippen molar-refractivity contribution in [1.29, 1.82) is 0 Å². The maximum Gasteiger partial charge on any atom is 0.234 e. The van der Waals surface area contributed by atoms with Gasteiger partial charge in [-0.05, 0) is 13.8 Å². The number of amides is 1. The molecule has 0 saturated carbocycles. The molecule has 2 aromatic rings. The van der Waals surface area contributed by atoms with Gasteiger partial charge in [0.15, 0.2) is 17.0 Å². The first-order valence-electron chi connectivity index (χ1n) is 7.81. The van der Waals surface area contributed by atoms with E-state index in [1.54, 1.807) is 11.0 Å². The fourth-order valence-corrected chi connectivity index (χ4v) is 2.76. The zero-order valence-electron chi connectivity index (χ0n) is 13.7. The predicted octanol–water partition coefficient (Wildman–Crippen LogP) is -0.595. The van der Waals surface area contributed by atoms with Crippen LogP contribution in [-0.2, 0) is 11.8 Å². The first-order valence-corrected chi connectivity index (χ1v) is 7.81. The van der Waals surface area contributed by atoms with E-state index in [1.807, 2.05) is 20.9 Å². The van der Waals surface area contributed by atoms with Crippen LogP contribution < -0.4 is 10.2 Å². The van der Waals surface area contributed by atoms with Gasteiger partial charge in [-0.1, -0.05) is 5.21 Å². The third-order valence-corrected chi connectivity index (χ3v) is 3.86. The zero-order valence-corrected chi connectivity index (χ0v) is 13.7. The van der Waals surface area contributed by atoms with Crippen LogP contribution in [0.3, 0.4) is 0 Å². The minimum atomic E-state index is 0.0757. The fourth-order valence-electron chi connectivity index (χ4n) is 2.76. The summed E-state index contributed by atoms with van der Waals surface area (Å²) in [6.07, 6.45) is 1.55. The highest BCUT2D eigenvalue weighted by Gasteiger charge is 2.23. The van der Waals surface area contributed by atoms with Crippen molar-refractivity contribution in [3.05, 3.63) is 6.33 Å². The van der Waals surface area contributed by atoms with E-state index in [-0.39, 0.29) is 11.9 Å². The number of hydrogen-bond acceptors (Lipinski definition) is 7. The summed E-state index contributed by atoms with van der Waals surface area (Å²) in [7, 11) is 1.82. The third-order valence-electron chi connectivity index (χ3n) is 3.86. The van der Waals surface area contributed by atoms with E-state index in [0.29, 0.717) is 6.54 Å². The largest absolute Gasteiger partial charge is 0.353 e. The molecule has 23 heavy (non-hydrogen) atoms. The number of piperazine rings is 1. The number of nitrogens with zero attached hydrogens (tertiary/aromatic N) is 7. The summed E-state index contributed by atoms with van der Waals surface area (Å²) in [5.74, 6) is 0.890. The third kappa shape index (κ3) is 3.39. The fraction of sp³-hybridized carbons (Fsp3) is 0.643. The Morgan fingerprint density at radius 2 is 2.00 bits per heavy atom. The summed E-state index contributed by atoms with van der Waals surface area (Å²) in [6, 6.07) is 0.176. The first-order chi connectivity index (χ1) is 11.0. The van der Waals surface area contributed by atoms with Crippen LogP contribution in [-0.4, -0.2) is 74.5 Å². The molecule has 0 radical (unpaired) electrons. The second-order valence-electron chi connectivity index (χ2n) is 6.07. The molecule has 0 atom stereocenters. The monoisotopic (exact) mass is 318 g/mol. The van der Waals surface area contributed by atoms with Gasteiger partial charge in [-0.2, -0.15) is 0 Å². The van der Waals surface area contributed by atoms with Crippen LogP contribution in [0.4, 0.5) is 5.82 Å². The van der Waals surface area contributed by atoms with Crippen LogP contribution in [0.25, 0.3) is 11.2 Å². The molecule has 1 saturated heterocycles. The van der Waals surface area contributed by atoms with Gasteiger partial charge < -0.3 is 10.2 Å². The molecule has 124 valence electrons. The lowest BCUT2D eigenvalue weighted by molar-refractivity contribution is -0.122. The van der Waals surface area contributed by atoms with Gasteiger partial charge in [0.25, 0.3) is 0 Å². The Hall–Kier alpha value is -2.29. The summed E-state index contributed by atoms with van der Waals surface area (Å²) in [5.41, 5.74) is 1.45. The normalized spacial score (nSPS) is 16.3. The molecule has 2 aromatic heterocycles. The van der Waals surface area contributed by atoms with E-state index in [1.165, 1.54) is 0 Å². The minimum absolute atomic E-state index is 0.0757. The number of carbonyl (C=O) groups excluding carboxylic acids is 1. The second kappa shape index (κ2) is 6.45. The lowest BCUT2D eigenvalue weighted by Gasteiger charge is -2.34. The summed E-state index contributed by atoms with van der Waals surface area (Å²) >= 11 is 0. The lowest BCUT2D eigenvalue weighted by atomic mass is 10.3. The standard InChI is InChI=1S/C14H22N8O/c1-10(2)17-11(23)8-21-4-6-22(7-5-21)14-12-13(15-9-16-14)20(3)19-18-12/h9-10H,4-8H2,1-3H3,(H,17,23). The highest BCUT2D eigenvalue weighted by molar-refractivity contribution is 5.82. The van der Waals surface area contributed by atoms with Crippen molar-refractivity contribution in [2.75, 3.05) is 37.6 Å². The number of carbonyl (C=O) groups is 1. The molecule has 0 unspecified atom stereocenters. The highest BCUT2D eigenvalue weighted by atomic mass is 16.2. The molecule has 1 N–H and O–H groups in total. The number of aromatic nitrogens is 5. The minimum Gasteiger partial charge on any atom is -0.353 e. The maximum atomic E-state index is 11.8. The van der Waals surface area contributed by atoms with Gasteiger partial charge >= 0.3 is 0 Å². The predicted molar refractivity (Wildman–Crippen MR) is 86.0 cm³/mol.